The van der Waals surface area contributed by atoms with Crippen molar-refractivity contribution in [3.63, 3.8) is 0 Å². The van der Waals surface area contributed by atoms with E-state index in [0.717, 1.165) is 18.0 Å². The molecule has 1 aromatic carbocycles. The van der Waals surface area contributed by atoms with E-state index < -0.39 is 0 Å². The van der Waals surface area contributed by atoms with Crippen LogP contribution in [0.5, 0.6) is 11.5 Å². The van der Waals surface area contributed by atoms with Crippen molar-refractivity contribution in [2.45, 2.75) is 45.1 Å². The molecule has 1 N–H and O–H groups in total. The summed E-state index contributed by atoms with van der Waals surface area (Å²) in [5.41, 5.74) is 0. The zero-order valence-electron chi connectivity index (χ0n) is 11.9. The summed E-state index contributed by atoms with van der Waals surface area (Å²) in [6.07, 6.45) is 6.76. The van der Waals surface area contributed by atoms with E-state index in [1.54, 1.807) is 0 Å². The molecule has 19 heavy (non-hydrogen) atoms. The van der Waals surface area contributed by atoms with Crippen LogP contribution < -0.4 is 14.8 Å². The fourth-order valence-corrected chi connectivity index (χ4v) is 2.57. The highest BCUT2D eigenvalue weighted by atomic mass is 16.5. The molecular formula is C16H25NO2. The lowest BCUT2D eigenvalue weighted by molar-refractivity contribution is 0.265. The Labute approximate surface area is 116 Å². The SMILES string of the molecule is CCOc1ccccc1OCCNC1CCCCC1. The van der Waals surface area contributed by atoms with Crippen molar-refractivity contribution in [2.24, 2.45) is 0 Å². The maximum absolute atomic E-state index is 5.79. The maximum Gasteiger partial charge on any atom is 0.161 e. The Bertz CT molecular complexity index is 362. The van der Waals surface area contributed by atoms with Gasteiger partial charge in [-0.1, -0.05) is 31.4 Å². The van der Waals surface area contributed by atoms with Crippen molar-refractivity contribution in [1.29, 1.82) is 0 Å². The lowest BCUT2D eigenvalue weighted by atomic mass is 9.96. The highest BCUT2D eigenvalue weighted by Gasteiger charge is 2.12. The molecule has 0 aromatic heterocycles. The predicted molar refractivity (Wildman–Crippen MR) is 78.0 cm³/mol. The van der Waals surface area contributed by atoms with Crippen LogP contribution in [0, 0.1) is 0 Å². The number of hydrogen-bond acceptors (Lipinski definition) is 3. The summed E-state index contributed by atoms with van der Waals surface area (Å²) < 4.78 is 11.3. The first kappa shape index (κ1) is 14.2. The molecule has 3 heteroatoms. The topological polar surface area (TPSA) is 30.5 Å². The molecule has 0 spiro atoms. The summed E-state index contributed by atoms with van der Waals surface area (Å²) in [5.74, 6) is 1.68. The summed E-state index contributed by atoms with van der Waals surface area (Å²) in [5, 5.41) is 3.58. The second-order valence-electron chi connectivity index (χ2n) is 5.02. The molecule has 0 bridgehead atoms. The molecule has 0 atom stereocenters. The molecule has 0 heterocycles. The van der Waals surface area contributed by atoms with Crippen molar-refractivity contribution in [3.8, 4) is 11.5 Å². The van der Waals surface area contributed by atoms with Gasteiger partial charge in [0.2, 0.25) is 0 Å². The average Bonchev–Trinajstić information content (AvgIpc) is 2.47. The number of para-hydroxylation sites is 2. The molecule has 0 radical (unpaired) electrons. The fraction of sp³-hybridized carbons (Fsp3) is 0.625. The quantitative estimate of drug-likeness (QED) is 0.765. The van der Waals surface area contributed by atoms with Crippen LogP contribution in [-0.4, -0.2) is 25.8 Å². The van der Waals surface area contributed by atoms with Crippen LogP contribution in [-0.2, 0) is 0 Å². The van der Waals surface area contributed by atoms with Gasteiger partial charge in [0.05, 0.1) is 6.61 Å². The van der Waals surface area contributed by atoms with Gasteiger partial charge >= 0.3 is 0 Å². The van der Waals surface area contributed by atoms with Gasteiger partial charge in [-0.05, 0) is 31.9 Å². The summed E-state index contributed by atoms with van der Waals surface area (Å²) >= 11 is 0. The first-order chi connectivity index (χ1) is 9.40. The third-order valence-electron chi connectivity index (χ3n) is 3.55. The van der Waals surface area contributed by atoms with Crippen molar-refractivity contribution in [1.82, 2.24) is 5.32 Å². The number of benzene rings is 1. The van der Waals surface area contributed by atoms with E-state index in [1.807, 2.05) is 31.2 Å². The van der Waals surface area contributed by atoms with Gasteiger partial charge in [0.1, 0.15) is 6.61 Å². The van der Waals surface area contributed by atoms with Crippen molar-refractivity contribution in [3.05, 3.63) is 24.3 Å². The molecule has 0 saturated heterocycles. The predicted octanol–water partition coefficient (Wildman–Crippen LogP) is 3.39. The van der Waals surface area contributed by atoms with E-state index in [0.29, 0.717) is 19.3 Å². The average molecular weight is 263 g/mol. The van der Waals surface area contributed by atoms with Crippen LogP contribution in [0.2, 0.25) is 0 Å². The molecule has 0 amide bonds. The molecule has 1 aliphatic rings. The molecule has 1 fully saturated rings. The Hall–Kier alpha value is -1.22. The molecule has 0 aliphatic heterocycles. The Kier molecular flexibility index (Phi) is 6.02. The van der Waals surface area contributed by atoms with Crippen LogP contribution in [0.3, 0.4) is 0 Å². The highest BCUT2D eigenvalue weighted by molar-refractivity contribution is 5.39. The Morgan fingerprint density at radius 2 is 1.74 bits per heavy atom. The van der Waals surface area contributed by atoms with E-state index >= 15 is 0 Å². The Balaban J connectivity index is 1.70. The minimum atomic E-state index is 0.667. The van der Waals surface area contributed by atoms with Gasteiger partial charge in [0.25, 0.3) is 0 Å². The van der Waals surface area contributed by atoms with E-state index in [2.05, 4.69) is 5.32 Å². The largest absolute Gasteiger partial charge is 0.490 e. The normalized spacial score (nSPS) is 16.3. The highest BCUT2D eigenvalue weighted by Crippen LogP contribution is 2.26. The third-order valence-corrected chi connectivity index (χ3v) is 3.55. The molecule has 1 aliphatic carbocycles. The number of hydrogen-bond donors (Lipinski definition) is 1. The molecule has 106 valence electrons. The molecule has 1 saturated carbocycles. The number of ether oxygens (including phenoxy) is 2. The lowest BCUT2D eigenvalue weighted by Crippen LogP contribution is -2.34. The lowest BCUT2D eigenvalue weighted by Gasteiger charge is -2.22. The van der Waals surface area contributed by atoms with Crippen molar-refractivity contribution < 1.29 is 9.47 Å². The molecule has 3 nitrogen and oxygen atoms in total. The van der Waals surface area contributed by atoms with Crippen LogP contribution >= 0.6 is 0 Å². The molecule has 2 rings (SSSR count). The van der Waals surface area contributed by atoms with Crippen LogP contribution in [0.4, 0.5) is 0 Å². The zero-order valence-corrected chi connectivity index (χ0v) is 11.9. The minimum absolute atomic E-state index is 0.667. The minimum Gasteiger partial charge on any atom is -0.490 e. The van der Waals surface area contributed by atoms with Gasteiger partial charge in [-0.2, -0.15) is 0 Å². The van der Waals surface area contributed by atoms with Crippen molar-refractivity contribution in [2.75, 3.05) is 19.8 Å². The zero-order chi connectivity index (χ0) is 13.3. The van der Waals surface area contributed by atoms with Crippen LogP contribution in [0.15, 0.2) is 24.3 Å². The van der Waals surface area contributed by atoms with Gasteiger partial charge in [0.15, 0.2) is 11.5 Å². The van der Waals surface area contributed by atoms with Gasteiger partial charge < -0.3 is 14.8 Å². The second-order valence-corrected chi connectivity index (χ2v) is 5.02. The van der Waals surface area contributed by atoms with Gasteiger partial charge in [-0.15, -0.1) is 0 Å². The van der Waals surface area contributed by atoms with Crippen molar-refractivity contribution >= 4 is 0 Å². The van der Waals surface area contributed by atoms with Crippen LogP contribution in [0.1, 0.15) is 39.0 Å². The fourth-order valence-electron chi connectivity index (χ4n) is 2.57. The van der Waals surface area contributed by atoms with E-state index in [1.165, 1.54) is 32.1 Å². The summed E-state index contributed by atoms with van der Waals surface area (Å²) in [6, 6.07) is 8.56. The monoisotopic (exact) mass is 263 g/mol. The standard InChI is InChI=1S/C16H25NO2/c1-2-18-15-10-6-7-11-16(15)19-13-12-17-14-8-4-3-5-9-14/h6-7,10-11,14,17H,2-5,8-9,12-13H2,1H3. The first-order valence-electron chi connectivity index (χ1n) is 7.48. The van der Waals surface area contributed by atoms with E-state index in [-0.39, 0.29) is 0 Å². The third kappa shape index (κ3) is 4.75. The first-order valence-corrected chi connectivity index (χ1v) is 7.48. The Morgan fingerprint density at radius 1 is 1.05 bits per heavy atom. The molecular weight excluding hydrogens is 238 g/mol. The van der Waals surface area contributed by atoms with Gasteiger partial charge in [-0.25, -0.2) is 0 Å². The number of nitrogens with one attached hydrogen (secondary N) is 1. The smallest absolute Gasteiger partial charge is 0.161 e. The van der Waals surface area contributed by atoms with E-state index in [4.69, 9.17) is 9.47 Å². The summed E-state index contributed by atoms with van der Waals surface area (Å²) in [4.78, 5) is 0. The Morgan fingerprint density at radius 3 is 2.42 bits per heavy atom. The molecule has 0 unspecified atom stereocenters. The van der Waals surface area contributed by atoms with Gasteiger partial charge in [0, 0.05) is 12.6 Å². The van der Waals surface area contributed by atoms with Gasteiger partial charge in [-0.3, -0.25) is 0 Å². The maximum atomic E-state index is 5.79. The summed E-state index contributed by atoms with van der Waals surface area (Å²) in [6.45, 7) is 4.26. The molecule has 1 aromatic rings. The van der Waals surface area contributed by atoms with E-state index in [9.17, 15) is 0 Å². The number of rotatable bonds is 7. The summed E-state index contributed by atoms with van der Waals surface area (Å²) in [7, 11) is 0. The second kappa shape index (κ2) is 8.05. The van der Waals surface area contributed by atoms with Crippen LogP contribution in [0.25, 0.3) is 0 Å².